The highest BCUT2D eigenvalue weighted by molar-refractivity contribution is 6.30. The van der Waals surface area contributed by atoms with E-state index in [1.54, 1.807) is 0 Å². The molecular formula is C18H15ClF6N4O. The molecular weight excluding hydrogens is 438 g/mol. The number of imidazole rings is 1. The Kier molecular flexibility index (Phi) is 5.85. The summed E-state index contributed by atoms with van der Waals surface area (Å²) in [4.78, 5) is 20.8. The van der Waals surface area contributed by atoms with Crippen molar-refractivity contribution < 1.29 is 26.3 Å². The summed E-state index contributed by atoms with van der Waals surface area (Å²) in [7, 11) is 0. The van der Waals surface area contributed by atoms with Gasteiger partial charge in [0.25, 0.3) is 5.56 Å². The summed E-state index contributed by atoms with van der Waals surface area (Å²) in [6.45, 7) is -0.448. The quantitative estimate of drug-likeness (QED) is 0.516. The predicted octanol–water partition coefficient (Wildman–Crippen LogP) is 4.93. The molecule has 1 atom stereocenters. The molecule has 30 heavy (non-hydrogen) atoms. The summed E-state index contributed by atoms with van der Waals surface area (Å²) in [6, 6.07) is 5.86. The van der Waals surface area contributed by atoms with Crippen molar-refractivity contribution in [3.8, 4) is 5.69 Å². The van der Waals surface area contributed by atoms with Crippen LogP contribution in [-0.4, -0.2) is 31.5 Å². The highest BCUT2D eigenvalue weighted by Crippen LogP contribution is 2.29. The number of rotatable bonds is 5. The first-order chi connectivity index (χ1) is 13.9. The van der Waals surface area contributed by atoms with Crippen LogP contribution < -0.4 is 5.56 Å². The van der Waals surface area contributed by atoms with Crippen molar-refractivity contribution in [3.63, 3.8) is 0 Å². The molecule has 0 bridgehead atoms. The number of aromatic nitrogens is 4. The molecule has 0 aliphatic heterocycles. The van der Waals surface area contributed by atoms with Crippen LogP contribution in [0.15, 0.2) is 35.4 Å². The lowest BCUT2D eigenvalue weighted by Crippen LogP contribution is -2.27. The second-order valence-electron chi connectivity index (χ2n) is 6.79. The van der Waals surface area contributed by atoms with Crippen LogP contribution in [0.3, 0.4) is 0 Å². The predicted molar refractivity (Wildman–Crippen MR) is 97.7 cm³/mol. The first-order valence-corrected chi connectivity index (χ1v) is 9.11. The van der Waals surface area contributed by atoms with Gasteiger partial charge in [0.1, 0.15) is 12.4 Å². The smallest absolute Gasteiger partial charge is 0.306 e. The van der Waals surface area contributed by atoms with Gasteiger partial charge < -0.3 is 4.57 Å². The third-order valence-corrected chi connectivity index (χ3v) is 4.75. The summed E-state index contributed by atoms with van der Waals surface area (Å²) >= 11 is 5.84. The van der Waals surface area contributed by atoms with E-state index in [0.29, 0.717) is 9.59 Å². The number of hydrogen-bond donors (Lipinski definition) is 0. The van der Waals surface area contributed by atoms with Gasteiger partial charge in [-0.3, -0.25) is 9.36 Å². The summed E-state index contributed by atoms with van der Waals surface area (Å²) in [5, 5.41) is 0.363. The minimum absolute atomic E-state index is 0.102. The molecule has 0 amide bonds. The zero-order valence-corrected chi connectivity index (χ0v) is 16.2. The Hall–Kier alpha value is -2.56. The first kappa shape index (κ1) is 22.1. The molecule has 0 N–H and O–H groups in total. The lowest BCUT2D eigenvalue weighted by molar-refractivity contribution is -0.171. The van der Waals surface area contributed by atoms with Gasteiger partial charge in [-0.05, 0) is 30.7 Å². The van der Waals surface area contributed by atoms with Gasteiger partial charge in [-0.2, -0.15) is 26.3 Å². The third kappa shape index (κ3) is 4.77. The van der Waals surface area contributed by atoms with Crippen molar-refractivity contribution in [3.05, 3.63) is 51.8 Å². The van der Waals surface area contributed by atoms with E-state index < -0.39 is 36.8 Å². The molecule has 2 aromatic heterocycles. The van der Waals surface area contributed by atoms with Crippen LogP contribution in [0.25, 0.3) is 16.9 Å². The average molecular weight is 453 g/mol. The number of benzene rings is 1. The monoisotopic (exact) mass is 452 g/mol. The molecule has 1 aromatic carbocycles. The first-order valence-electron chi connectivity index (χ1n) is 8.73. The third-order valence-electron chi connectivity index (χ3n) is 4.50. The topological polar surface area (TPSA) is 52.7 Å². The molecule has 0 radical (unpaired) electrons. The van der Waals surface area contributed by atoms with Crippen LogP contribution in [0, 0.1) is 5.92 Å². The molecule has 0 aliphatic carbocycles. The minimum atomic E-state index is -4.59. The van der Waals surface area contributed by atoms with Gasteiger partial charge in [0.05, 0.1) is 17.9 Å². The van der Waals surface area contributed by atoms with Gasteiger partial charge in [-0.25, -0.2) is 9.97 Å². The lowest BCUT2D eigenvalue weighted by atomic mass is 10.0. The van der Waals surface area contributed by atoms with Gasteiger partial charge in [0, 0.05) is 11.4 Å². The van der Waals surface area contributed by atoms with E-state index in [0.717, 1.165) is 17.8 Å². The number of alkyl halides is 6. The van der Waals surface area contributed by atoms with E-state index in [-0.39, 0.29) is 29.1 Å². The van der Waals surface area contributed by atoms with E-state index in [1.807, 2.05) is 0 Å². The fourth-order valence-corrected chi connectivity index (χ4v) is 3.01. The van der Waals surface area contributed by atoms with Crippen LogP contribution in [0.2, 0.25) is 5.02 Å². The Morgan fingerprint density at radius 2 is 1.73 bits per heavy atom. The second-order valence-corrected chi connectivity index (χ2v) is 7.22. The maximum Gasteiger partial charge on any atom is 0.406 e. The van der Waals surface area contributed by atoms with Gasteiger partial charge in [-0.15, -0.1) is 0 Å². The molecule has 1 unspecified atom stereocenters. The Morgan fingerprint density at radius 3 is 2.30 bits per heavy atom. The number of nitrogens with zero attached hydrogens (tertiary/aromatic N) is 4. The van der Waals surface area contributed by atoms with E-state index >= 15 is 0 Å². The molecule has 0 spiro atoms. The normalized spacial score (nSPS) is 13.7. The van der Waals surface area contributed by atoms with Crippen LogP contribution in [-0.2, 0) is 13.0 Å². The summed E-state index contributed by atoms with van der Waals surface area (Å²) < 4.78 is 78.9. The molecule has 0 saturated heterocycles. The average Bonchev–Trinajstić information content (AvgIpc) is 3.01. The fourth-order valence-electron chi connectivity index (χ4n) is 2.88. The minimum Gasteiger partial charge on any atom is -0.306 e. The molecule has 12 heteroatoms. The largest absolute Gasteiger partial charge is 0.406 e. The van der Waals surface area contributed by atoms with Crippen LogP contribution in [0.4, 0.5) is 26.3 Å². The Labute approximate surface area is 170 Å². The van der Waals surface area contributed by atoms with Crippen molar-refractivity contribution in [1.29, 1.82) is 0 Å². The number of aryl methyl sites for hydroxylation is 1. The second kappa shape index (κ2) is 7.93. The van der Waals surface area contributed by atoms with Crippen LogP contribution >= 0.6 is 11.6 Å². The van der Waals surface area contributed by atoms with Crippen LogP contribution in [0.1, 0.15) is 19.2 Å². The highest BCUT2D eigenvalue weighted by atomic mass is 35.5. The lowest BCUT2D eigenvalue weighted by Gasteiger charge is -2.17. The zero-order valence-electron chi connectivity index (χ0n) is 15.4. The number of hydrogen-bond acceptors (Lipinski definition) is 3. The number of halogens is 7. The summed E-state index contributed by atoms with van der Waals surface area (Å²) in [5.74, 6) is -1.79. The Morgan fingerprint density at radius 1 is 1.10 bits per heavy atom. The van der Waals surface area contributed by atoms with Crippen LogP contribution in [0.5, 0.6) is 0 Å². The molecule has 2 heterocycles. The van der Waals surface area contributed by atoms with E-state index in [1.165, 1.54) is 24.3 Å². The Bertz CT molecular complexity index is 1100. The highest BCUT2D eigenvalue weighted by Gasteiger charge is 2.36. The molecule has 5 nitrogen and oxygen atoms in total. The molecule has 162 valence electrons. The van der Waals surface area contributed by atoms with Crippen molar-refractivity contribution in [2.45, 2.75) is 38.7 Å². The summed E-state index contributed by atoms with van der Waals surface area (Å²) in [6.07, 6.45) is -8.89. The van der Waals surface area contributed by atoms with Crippen molar-refractivity contribution in [2.75, 3.05) is 0 Å². The SMILES string of the molecule is CC(CCc1nc2c(ncn2CC(F)(F)F)c(=O)n1-c1ccc(Cl)cc1)C(F)(F)F. The molecule has 0 aliphatic rings. The molecule has 3 aromatic rings. The Balaban J connectivity index is 2.15. The van der Waals surface area contributed by atoms with Gasteiger partial charge in [-0.1, -0.05) is 18.5 Å². The van der Waals surface area contributed by atoms with Crippen molar-refractivity contribution in [1.82, 2.24) is 19.1 Å². The standard InChI is InChI=1S/C18H15ClF6N4O/c1-10(18(23,24)25)2-7-13-27-15-14(26-9-28(15)8-17(20,21)22)16(30)29(13)12-5-3-11(19)4-6-12/h3-6,9-10H,2,7-8H2,1H3. The van der Waals surface area contributed by atoms with Gasteiger partial charge >= 0.3 is 12.4 Å². The van der Waals surface area contributed by atoms with Gasteiger partial charge in [0.15, 0.2) is 11.2 Å². The van der Waals surface area contributed by atoms with Gasteiger partial charge in [0.2, 0.25) is 0 Å². The maximum atomic E-state index is 13.0. The van der Waals surface area contributed by atoms with E-state index in [2.05, 4.69) is 9.97 Å². The number of fused-ring (bicyclic) bond motifs is 1. The molecule has 0 fully saturated rings. The van der Waals surface area contributed by atoms with E-state index in [4.69, 9.17) is 11.6 Å². The maximum absolute atomic E-state index is 13.0. The molecule has 3 rings (SSSR count). The zero-order chi connectivity index (χ0) is 22.3. The van der Waals surface area contributed by atoms with Crippen molar-refractivity contribution >= 4 is 22.8 Å². The molecule has 0 saturated carbocycles. The van der Waals surface area contributed by atoms with Crippen molar-refractivity contribution in [2.24, 2.45) is 5.92 Å². The fraction of sp³-hybridized carbons (Fsp3) is 0.389. The van der Waals surface area contributed by atoms with E-state index in [9.17, 15) is 31.1 Å². The summed E-state index contributed by atoms with van der Waals surface area (Å²) in [5.41, 5.74) is -1.17.